The fraction of sp³-hybridized carbons (Fsp3) is 0.812. The number of rotatable bonds is 10. The topological polar surface area (TPSA) is 56.8 Å². The summed E-state index contributed by atoms with van der Waals surface area (Å²) >= 11 is 0. The number of hydrogen-bond donors (Lipinski definition) is 1. The molecule has 0 bridgehead atoms. The SMILES string of the molecule is C=C(C)C(=O)NC(CC([Si])(O[Si](C)(C)C)O[Si](C)(C)C)O[Si](C)(C)C. The molecule has 0 heterocycles. The first-order chi connectivity index (χ1) is 10.8. The second-order valence-electron chi connectivity index (χ2n) is 9.36. The molecule has 145 valence electrons. The van der Waals surface area contributed by atoms with E-state index in [1.807, 2.05) is 0 Å². The Labute approximate surface area is 160 Å². The van der Waals surface area contributed by atoms with Crippen LogP contribution in [0.2, 0.25) is 58.9 Å². The quantitative estimate of drug-likeness (QED) is 0.333. The highest BCUT2D eigenvalue weighted by Crippen LogP contribution is 2.27. The van der Waals surface area contributed by atoms with Gasteiger partial charge in [0.15, 0.2) is 25.0 Å². The molecule has 0 aromatic rings. The predicted molar refractivity (Wildman–Crippen MR) is 113 cm³/mol. The summed E-state index contributed by atoms with van der Waals surface area (Å²) in [5.41, 5.74) is -0.539. The number of hydrogen-bond acceptors (Lipinski definition) is 4. The van der Waals surface area contributed by atoms with Crippen molar-refractivity contribution in [2.45, 2.75) is 83.9 Å². The minimum atomic E-state index is -1.91. The molecule has 0 aliphatic heterocycles. The summed E-state index contributed by atoms with van der Waals surface area (Å²) in [5, 5.41) is 2.91. The number of nitrogens with one attached hydrogen (secondary N) is 1. The van der Waals surface area contributed by atoms with Crippen molar-refractivity contribution in [2.75, 3.05) is 0 Å². The Balaban J connectivity index is 5.55. The molecule has 25 heavy (non-hydrogen) atoms. The van der Waals surface area contributed by atoms with Crippen LogP contribution in [0.25, 0.3) is 0 Å². The van der Waals surface area contributed by atoms with Gasteiger partial charge >= 0.3 is 0 Å². The summed E-state index contributed by atoms with van der Waals surface area (Å²) < 4.78 is 18.8. The maximum Gasteiger partial charge on any atom is 0.248 e. The second kappa shape index (κ2) is 8.76. The average Bonchev–Trinajstić information content (AvgIpc) is 2.18. The smallest absolute Gasteiger partial charge is 0.248 e. The van der Waals surface area contributed by atoms with Gasteiger partial charge in [-0.15, -0.1) is 0 Å². The van der Waals surface area contributed by atoms with E-state index in [0.717, 1.165) is 0 Å². The molecule has 0 aliphatic rings. The normalized spacial score (nSPS) is 15.0. The third kappa shape index (κ3) is 12.9. The molecule has 0 spiro atoms. The van der Waals surface area contributed by atoms with E-state index in [2.05, 4.69) is 81.1 Å². The molecule has 3 radical (unpaired) electrons. The summed E-state index contributed by atoms with van der Waals surface area (Å²) in [6.45, 7) is 24.3. The second-order valence-corrected chi connectivity index (χ2v) is 23.4. The van der Waals surface area contributed by atoms with Crippen molar-refractivity contribution >= 4 is 41.1 Å². The molecule has 1 N–H and O–H groups in total. The van der Waals surface area contributed by atoms with Gasteiger partial charge in [-0.1, -0.05) is 6.58 Å². The highest BCUT2D eigenvalue weighted by Gasteiger charge is 2.40. The van der Waals surface area contributed by atoms with Gasteiger partial charge in [-0.3, -0.25) is 4.79 Å². The molecular weight excluding hydrogens is 383 g/mol. The zero-order valence-corrected chi connectivity index (χ0v) is 21.6. The Morgan fingerprint density at radius 2 is 1.40 bits per heavy atom. The number of carbonyl (C=O) groups is 1. The fourth-order valence-electron chi connectivity index (χ4n) is 2.16. The lowest BCUT2D eigenvalue weighted by atomic mass is 10.3. The van der Waals surface area contributed by atoms with Gasteiger partial charge in [0, 0.05) is 12.0 Å². The van der Waals surface area contributed by atoms with Crippen LogP contribution >= 0.6 is 0 Å². The molecule has 0 aromatic heterocycles. The van der Waals surface area contributed by atoms with E-state index in [1.165, 1.54) is 0 Å². The van der Waals surface area contributed by atoms with E-state index in [-0.39, 0.29) is 5.91 Å². The van der Waals surface area contributed by atoms with E-state index >= 15 is 0 Å². The molecule has 1 amide bonds. The van der Waals surface area contributed by atoms with Gasteiger partial charge in [-0.2, -0.15) is 0 Å². The highest BCUT2D eigenvalue weighted by molar-refractivity contribution is 6.71. The minimum absolute atomic E-state index is 0.224. The van der Waals surface area contributed by atoms with E-state index in [4.69, 9.17) is 13.3 Å². The lowest BCUT2D eigenvalue weighted by molar-refractivity contribution is -0.123. The van der Waals surface area contributed by atoms with Gasteiger partial charge in [0.2, 0.25) is 5.91 Å². The van der Waals surface area contributed by atoms with Gasteiger partial charge < -0.3 is 18.6 Å². The van der Waals surface area contributed by atoms with Crippen LogP contribution in [0.15, 0.2) is 12.2 Å². The first kappa shape index (κ1) is 25.0. The molecule has 0 saturated heterocycles. The van der Waals surface area contributed by atoms with Crippen LogP contribution < -0.4 is 5.32 Å². The van der Waals surface area contributed by atoms with Crippen LogP contribution in [0.5, 0.6) is 0 Å². The van der Waals surface area contributed by atoms with Crippen molar-refractivity contribution in [3.05, 3.63) is 12.2 Å². The summed E-state index contributed by atoms with van der Waals surface area (Å²) in [5.74, 6) is -0.224. The van der Waals surface area contributed by atoms with Gasteiger partial charge in [-0.05, 0) is 65.8 Å². The van der Waals surface area contributed by atoms with Crippen molar-refractivity contribution < 1.29 is 18.1 Å². The molecule has 1 unspecified atom stereocenters. The Kier molecular flexibility index (Phi) is 8.75. The first-order valence-corrected chi connectivity index (χ1v) is 19.3. The monoisotopic (exact) mass is 418 g/mol. The largest absolute Gasteiger partial charge is 0.398 e. The van der Waals surface area contributed by atoms with E-state index < -0.39 is 36.6 Å². The van der Waals surface area contributed by atoms with Gasteiger partial charge in [0.25, 0.3) is 0 Å². The van der Waals surface area contributed by atoms with Gasteiger partial charge in [-0.25, -0.2) is 0 Å². The van der Waals surface area contributed by atoms with Crippen LogP contribution in [0, 0.1) is 0 Å². The Bertz CT molecular complexity index is 462. The van der Waals surface area contributed by atoms with Crippen LogP contribution in [0.3, 0.4) is 0 Å². The van der Waals surface area contributed by atoms with Crippen LogP contribution in [-0.4, -0.2) is 52.7 Å². The zero-order valence-electron chi connectivity index (χ0n) is 17.6. The first-order valence-electron chi connectivity index (χ1n) is 8.61. The summed E-state index contributed by atoms with van der Waals surface area (Å²) in [7, 11) is -1.96. The predicted octanol–water partition coefficient (Wildman–Crippen LogP) is 3.77. The Morgan fingerprint density at radius 3 is 1.68 bits per heavy atom. The van der Waals surface area contributed by atoms with Crippen molar-refractivity contribution in [3.8, 4) is 0 Å². The molecule has 0 aliphatic carbocycles. The van der Waals surface area contributed by atoms with Crippen molar-refractivity contribution in [3.63, 3.8) is 0 Å². The van der Waals surface area contributed by atoms with Crippen molar-refractivity contribution in [2.24, 2.45) is 0 Å². The molecule has 0 aromatic carbocycles. The van der Waals surface area contributed by atoms with Gasteiger partial charge in [0.1, 0.15) is 21.9 Å². The van der Waals surface area contributed by atoms with Crippen molar-refractivity contribution in [1.29, 1.82) is 0 Å². The maximum atomic E-state index is 12.1. The van der Waals surface area contributed by atoms with E-state index in [0.29, 0.717) is 12.0 Å². The Hall–Kier alpha value is -0.0425. The molecule has 0 saturated carbocycles. The third-order valence-electron chi connectivity index (χ3n) is 2.57. The standard InChI is InChI=1S/C16H36NO4Si4/c1-13(2)15(18)17-14(19-23(3,4)5)12-16(22,20-24(6,7)8)21-25(9,10)11/h14H,1,12H2,2-11H3,(H,17,18). The summed E-state index contributed by atoms with van der Waals surface area (Å²) in [6.07, 6.45) is -0.150. The minimum Gasteiger partial charge on any atom is -0.398 e. The number of amides is 1. The third-order valence-corrected chi connectivity index (χ3v) is 6.26. The zero-order chi connectivity index (χ0) is 20.3. The highest BCUT2D eigenvalue weighted by atomic mass is 28.4. The van der Waals surface area contributed by atoms with Crippen LogP contribution in [0.1, 0.15) is 13.3 Å². The van der Waals surface area contributed by atoms with E-state index in [9.17, 15) is 4.79 Å². The lowest BCUT2D eigenvalue weighted by Gasteiger charge is -2.43. The number of carbonyl (C=O) groups excluding carboxylic acids is 1. The molecule has 0 rings (SSSR count). The van der Waals surface area contributed by atoms with Crippen LogP contribution in [-0.2, 0) is 18.1 Å². The van der Waals surface area contributed by atoms with Gasteiger partial charge in [0.05, 0.1) is 0 Å². The maximum absolute atomic E-state index is 12.1. The Morgan fingerprint density at radius 1 is 1.00 bits per heavy atom. The lowest BCUT2D eigenvalue weighted by Crippen LogP contribution is -2.56. The van der Waals surface area contributed by atoms with E-state index in [1.54, 1.807) is 6.92 Å². The molecular formula is C16H36NO4Si4. The molecule has 1 atom stereocenters. The molecule has 0 fully saturated rings. The van der Waals surface area contributed by atoms with Crippen molar-refractivity contribution in [1.82, 2.24) is 5.32 Å². The average molecular weight is 419 g/mol. The fourth-order valence-corrected chi connectivity index (χ4v) is 7.49. The summed E-state index contributed by atoms with van der Waals surface area (Å²) in [6, 6.07) is 0. The molecule has 5 nitrogen and oxygen atoms in total. The summed E-state index contributed by atoms with van der Waals surface area (Å²) in [4.78, 5) is 12.1. The van der Waals surface area contributed by atoms with Crippen LogP contribution in [0.4, 0.5) is 0 Å². The molecule has 9 heteroatoms.